The van der Waals surface area contributed by atoms with Crippen LogP contribution in [0.4, 0.5) is 0 Å². The molecule has 0 spiro atoms. The van der Waals surface area contributed by atoms with Gasteiger partial charge in [-0.15, -0.1) is 5.54 Å². The standard InChI is InChI=1S/C19H26O3Si/c1-15(2)18-12-20-19(21-13-18,22-14-18)17-8-6-16(7-9-17)10-11-23(3,4)5/h6-9,15H,12-14H2,1-5H3. The van der Waals surface area contributed by atoms with E-state index in [9.17, 15) is 0 Å². The molecule has 3 aliphatic rings. The van der Waals surface area contributed by atoms with Crippen LogP contribution in [0.2, 0.25) is 19.6 Å². The van der Waals surface area contributed by atoms with Crippen LogP contribution < -0.4 is 0 Å². The molecule has 3 aliphatic heterocycles. The van der Waals surface area contributed by atoms with Gasteiger partial charge in [-0.2, -0.15) is 0 Å². The lowest BCUT2D eigenvalue weighted by molar-refractivity contribution is -0.484. The highest BCUT2D eigenvalue weighted by molar-refractivity contribution is 6.83. The minimum Gasteiger partial charge on any atom is -0.323 e. The maximum atomic E-state index is 6.00. The van der Waals surface area contributed by atoms with E-state index in [0.29, 0.717) is 25.7 Å². The monoisotopic (exact) mass is 330 g/mol. The maximum absolute atomic E-state index is 6.00. The third-order valence-electron chi connectivity index (χ3n) is 4.69. The van der Waals surface area contributed by atoms with Crippen LogP contribution in [0, 0.1) is 22.8 Å². The third kappa shape index (κ3) is 3.25. The van der Waals surface area contributed by atoms with E-state index in [2.05, 4.69) is 45.0 Å². The first-order valence-corrected chi connectivity index (χ1v) is 11.8. The van der Waals surface area contributed by atoms with Crippen molar-refractivity contribution in [3.8, 4) is 11.5 Å². The van der Waals surface area contributed by atoms with E-state index in [1.165, 1.54) is 0 Å². The quantitative estimate of drug-likeness (QED) is 0.611. The predicted octanol–water partition coefficient (Wildman–Crippen LogP) is 3.75. The molecule has 0 aromatic heterocycles. The first kappa shape index (κ1) is 16.7. The van der Waals surface area contributed by atoms with Gasteiger partial charge in [0.1, 0.15) is 8.07 Å². The molecule has 4 heteroatoms. The number of hydrogen-bond donors (Lipinski definition) is 0. The van der Waals surface area contributed by atoms with E-state index in [0.717, 1.165) is 11.1 Å². The Kier molecular flexibility index (Phi) is 4.18. The average molecular weight is 331 g/mol. The van der Waals surface area contributed by atoms with Gasteiger partial charge in [-0.1, -0.05) is 39.4 Å². The molecule has 0 N–H and O–H groups in total. The van der Waals surface area contributed by atoms with E-state index in [1.807, 2.05) is 24.3 Å². The van der Waals surface area contributed by atoms with Gasteiger partial charge in [0.2, 0.25) is 0 Å². The summed E-state index contributed by atoms with van der Waals surface area (Å²) in [5.41, 5.74) is 5.31. The minimum absolute atomic E-state index is 0.00942. The molecule has 0 amide bonds. The second-order valence-corrected chi connectivity index (χ2v) is 12.8. The summed E-state index contributed by atoms with van der Waals surface area (Å²) < 4.78 is 18.0. The molecule has 0 saturated carbocycles. The van der Waals surface area contributed by atoms with E-state index < -0.39 is 14.0 Å². The van der Waals surface area contributed by atoms with Crippen LogP contribution in [0.3, 0.4) is 0 Å². The smallest absolute Gasteiger partial charge is 0.312 e. The van der Waals surface area contributed by atoms with Crippen molar-refractivity contribution in [3.63, 3.8) is 0 Å². The van der Waals surface area contributed by atoms with Gasteiger partial charge in [0, 0.05) is 16.5 Å². The molecular weight excluding hydrogens is 304 g/mol. The van der Waals surface area contributed by atoms with Crippen molar-refractivity contribution < 1.29 is 14.2 Å². The van der Waals surface area contributed by atoms with Crippen molar-refractivity contribution in [1.29, 1.82) is 0 Å². The fourth-order valence-electron chi connectivity index (χ4n) is 2.73. The van der Waals surface area contributed by atoms with Gasteiger partial charge in [-0.25, -0.2) is 0 Å². The summed E-state index contributed by atoms with van der Waals surface area (Å²) in [6, 6.07) is 8.04. The lowest BCUT2D eigenvalue weighted by atomic mass is 9.77. The third-order valence-corrected chi connectivity index (χ3v) is 5.57. The van der Waals surface area contributed by atoms with Crippen LogP contribution in [0.5, 0.6) is 0 Å². The van der Waals surface area contributed by atoms with Crippen LogP contribution in [-0.4, -0.2) is 27.9 Å². The van der Waals surface area contributed by atoms with E-state index in [4.69, 9.17) is 14.2 Å². The highest BCUT2D eigenvalue weighted by Gasteiger charge is 2.54. The first-order valence-electron chi connectivity index (χ1n) is 8.30. The van der Waals surface area contributed by atoms with Crippen molar-refractivity contribution >= 4 is 8.07 Å². The highest BCUT2D eigenvalue weighted by Crippen LogP contribution is 2.47. The van der Waals surface area contributed by atoms with Gasteiger partial charge < -0.3 is 14.2 Å². The largest absolute Gasteiger partial charge is 0.323 e. The van der Waals surface area contributed by atoms with Gasteiger partial charge in [0.05, 0.1) is 19.8 Å². The zero-order chi connectivity index (χ0) is 16.7. The fraction of sp³-hybridized carbons (Fsp3) is 0.579. The lowest BCUT2D eigenvalue weighted by Gasteiger charge is -2.53. The second kappa shape index (κ2) is 5.75. The van der Waals surface area contributed by atoms with Crippen LogP contribution in [0.25, 0.3) is 0 Å². The van der Waals surface area contributed by atoms with E-state index in [1.54, 1.807) is 0 Å². The van der Waals surface area contributed by atoms with Crippen molar-refractivity contribution in [2.75, 3.05) is 19.8 Å². The fourth-order valence-corrected chi connectivity index (χ4v) is 3.25. The van der Waals surface area contributed by atoms with Gasteiger partial charge in [-0.05, 0) is 30.2 Å². The Bertz CT molecular complexity index is 607. The summed E-state index contributed by atoms with van der Waals surface area (Å²) in [5, 5.41) is 0. The SMILES string of the molecule is CC(C)C12COC(c3ccc(C#C[Si](C)(C)C)cc3)(OC1)OC2. The van der Waals surface area contributed by atoms with Crippen molar-refractivity contribution in [1.82, 2.24) is 0 Å². The maximum Gasteiger partial charge on any atom is 0.312 e. The summed E-state index contributed by atoms with van der Waals surface area (Å²) in [5.74, 6) is 2.71. The molecule has 1 aromatic carbocycles. The Morgan fingerprint density at radius 3 is 1.91 bits per heavy atom. The van der Waals surface area contributed by atoms with Crippen molar-refractivity contribution in [2.45, 2.75) is 39.5 Å². The van der Waals surface area contributed by atoms with Crippen LogP contribution in [0.1, 0.15) is 25.0 Å². The molecule has 0 unspecified atom stereocenters. The summed E-state index contributed by atoms with van der Waals surface area (Å²) in [4.78, 5) is 0. The zero-order valence-corrected chi connectivity index (χ0v) is 15.7. The van der Waals surface area contributed by atoms with Crippen LogP contribution in [-0.2, 0) is 20.2 Å². The van der Waals surface area contributed by atoms with Crippen LogP contribution >= 0.6 is 0 Å². The summed E-state index contributed by atoms with van der Waals surface area (Å²) in [6.45, 7) is 13.2. The Morgan fingerprint density at radius 1 is 0.957 bits per heavy atom. The number of hydrogen-bond acceptors (Lipinski definition) is 3. The number of benzene rings is 1. The Labute approximate surface area is 140 Å². The van der Waals surface area contributed by atoms with Gasteiger partial charge in [0.15, 0.2) is 0 Å². The molecule has 3 nitrogen and oxygen atoms in total. The molecule has 0 atom stereocenters. The molecule has 1 aromatic rings. The molecule has 0 aliphatic carbocycles. The van der Waals surface area contributed by atoms with E-state index >= 15 is 0 Å². The Balaban J connectivity index is 1.77. The average Bonchev–Trinajstić information content (AvgIpc) is 2.54. The number of rotatable bonds is 2. The predicted molar refractivity (Wildman–Crippen MR) is 93.5 cm³/mol. The van der Waals surface area contributed by atoms with Gasteiger partial charge >= 0.3 is 5.97 Å². The summed E-state index contributed by atoms with van der Waals surface area (Å²) in [6.07, 6.45) is 0. The first-order chi connectivity index (χ1) is 10.7. The molecule has 2 bridgehead atoms. The van der Waals surface area contributed by atoms with E-state index in [-0.39, 0.29) is 5.41 Å². The second-order valence-electron chi connectivity index (χ2n) is 8.02. The molecular formula is C19H26O3Si. The molecule has 3 fully saturated rings. The molecule has 3 heterocycles. The Hall–Kier alpha value is -1.12. The van der Waals surface area contributed by atoms with Gasteiger partial charge in [0.25, 0.3) is 0 Å². The van der Waals surface area contributed by atoms with Crippen LogP contribution in [0.15, 0.2) is 24.3 Å². The number of ether oxygens (including phenoxy) is 3. The Morgan fingerprint density at radius 2 is 1.48 bits per heavy atom. The topological polar surface area (TPSA) is 27.7 Å². The molecule has 3 saturated heterocycles. The molecule has 23 heavy (non-hydrogen) atoms. The molecule has 0 radical (unpaired) electrons. The number of fused-ring (bicyclic) bond motifs is 3. The van der Waals surface area contributed by atoms with Crippen molar-refractivity contribution in [2.24, 2.45) is 11.3 Å². The van der Waals surface area contributed by atoms with Crippen molar-refractivity contribution in [3.05, 3.63) is 35.4 Å². The molecule has 4 rings (SSSR count). The summed E-state index contributed by atoms with van der Waals surface area (Å²) >= 11 is 0. The normalized spacial score (nSPS) is 30.2. The zero-order valence-electron chi connectivity index (χ0n) is 14.7. The molecule has 124 valence electrons. The summed E-state index contributed by atoms with van der Waals surface area (Å²) in [7, 11) is -1.36. The highest BCUT2D eigenvalue weighted by atomic mass is 28.3. The van der Waals surface area contributed by atoms with Gasteiger partial charge in [-0.3, -0.25) is 0 Å². The lowest BCUT2D eigenvalue weighted by Crippen LogP contribution is -2.60. The minimum atomic E-state index is -1.36.